The number of ether oxygens (including phenoxy) is 1. The highest BCUT2D eigenvalue weighted by molar-refractivity contribution is 5.76. The number of halogens is 1. The van der Waals surface area contributed by atoms with E-state index in [0.717, 1.165) is 5.75 Å². The van der Waals surface area contributed by atoms with Crippen molar-refractivity contribution in [3.05, 3.63) is 66.0 Å². The van der Waals surface area contributed by atoms with E-state index >= 15 is 0 Å². The van der Waals surface area contributed by atoms with Crippen LogP contribution in [0.15, 0.2) is 54.6 Å². The Kier molecular flexibility index (Phi) is 6.36. The van der Waals surface area contributed by atoms with Crippen molar-refractivity contribution < 1.29 is 13.9 Å². The largest absolute Gasteiger partial charge is 0.494 e. The van der Waals surface area contributed by atoms with E-state index in [9.17, 15) is 9.18 Å². The Morgan fingerprint density at radius 2 is 1.75 bits per heavy atom. The quantitative estimate of drug-likeness (QED) is 0.741. The maximum atomic E-state index is 13.9. The molecule has 0 fully saturated rings. The molecule has 0 heterocycles. The Hall–Kier alpha value is -2.36. The predicted molar refractivity (Wildman–Crippen MR) is 93.6 cm³/mol. The second-order valence-corrected chi connectivity index (χ2v) is 6.41. The first-order chi connectivity index (χ1) is 11.5. The third-order valence-electron chi connectivity index (χ3n) is 3.89. The third kappa shape index (κ3) is 5.37. The van der Waals surface area contributed by atoms with Crippen LogP contribution in [0.5, 0.6) is 5.75 Å². The van der Waals surface area contributed by atoms with Crippen LogP contribution >= 0.6 is 0 Å². The Morgan fingerprint density at radius 1 is 1.08 bits per heavy atom. The summed E-state index contributed by atoms with van der Waals surface area (Å²) in [5, 5.41) is 2.89. The van der Waals surface area contributed by atoms with E-state index in [0.29, 0.717) is 31.6 Å². The average Bonchev–Trinajstić information content (AvgIpc) is 2.58. The summed E-state index contributed by atoms with van der Waals surface area (Å²) in [7, 11) is 0. The van der Waals surface area contributed by atoms with E-state index in [4.69, 9.17) is 4.74 Å². The van der Waals surface area contributed by atoms with Crippen LogP contribution in [0.1, 0.15) is 32.3 Å². The molecule has 0 saturated heterocycles. The second-order valence-electron chi connectivity index (χ2n) is 6.41. The normalized spacial score (nSPS) is 11.1. The summed E-state index contributed by atoms with van der Waals surface area (Å²) < 4.78 is 19.4. The molecular formula is C20H24FNO2. The summed E-state index contributed by atoms with van der Waals surface area (Å²) in [6.45, 7) is 4.73. The Morgan fingerprint density at radius 3 is 2.46 bits per heavy atom. The minimum absolute atomic E-state index is 0.0453. The van der Waals surface area contributed by atoms with Crippen LogP contribution in [0.4, 0.5) is 4.39 Å². The lowest BCUT2D eigenvalue weighted by Crippen LogP contribution is -2.37. The van der Waals surface area contributed by atoms with Crippen molar-refractivity contribution in [3.8, 4) is 5.75 Å². The molecule has 4 heteroatoms. The Bertz CT molecular complexity index is 656. The average molecular weight is 329 g/mol. The summed E-state index contributed by atoms with van der Waals surface area (Å²) >= 11 is 0. The first-order valence-corrected chi connectivity index (χ1v) is 8.18. The molecule has 0 saturated carbocycles. The first-order valence-electron chi connectivity index (χ1n) is 8.18. The van der Waals surface area contributed by atoms with Crippen LogP contribution in [-0.2, 0) is 10.2 Å². The van der Waals surface area contributed by atoms with E-state index in [1.54, 1.807) is 12.1 Å². The fourth-order valence-corrected chi connectivity index (χ4v) is 2.45. The van der Waals surface area contributed by atoms with E-state index in [-0.39, 0.29) is 11.7 Å². The summed E-state index contributed by atoms with van der Waals surface area (Å²) in [6, 6.07) is 16.2. The van der Waals surface area contributed by atoms with E-state index in [2.05, 4.69) is 5.32 Å². The van der Waals surface area contributed by atoms with Crippen LogP contribution < -0.4 is 10.1 Å². The third-order valence-corrected chi connectivity index (χ3v) is 3.89. The maximum absolute atomic E-state index is 13.9. The van der Waals surface area contributed by atoms with Crippen LogP contribution in [0.3, 0.4) is 0 Å². The predicted octanol–water partition coefficient (Wildman–Crippen LogP) is 4.08. The highest BCUT2D eigenvalue weighted by Crippen LogP contribution is 2.24. The lowest BCUT2D eigenvalue weighted by atomic mass is 9.84. The zero-order valence-electron chi connectivity index (χ0n) is 14.2. The standard InChI is InChI=1S/C20H24FNO2/c1-20(2,17-11-6-7-12-18(17)21)15-22-19(23)13-8-14-24-16-9-4-3-5-10-16/h3-7,9-12H,8,13-15H2,1-2H3,(H,22,23). The van der Waals surface area contributed by atoms with Gasteiger partial charge in [0.05, 0.1) is 6.61 Å². The van der Waals surface area contributed by atoms with E-state index in [1.165, 1.54) is 6.07 Å². The van der Waals surface area contributed by atoms with E-state index in [1.807, 2.05) is 50.2 Å². The lowest BCUT2D eigenvalue weighted by molar-refractivity contribution is -0.121. The van der Waals surface area contributed by atoms with Crippen molar-refractivity contribution in [2.45, 2.75) is 32.1 Å². The van der Waals surface area contributed by atoms with Crippen molar-refractivity contribution in [1.29, 1.82) is 0 Å². The van der Waals surface area contributed by atoms with Gasteiger partial charge in [-0.25, -0.2) is 4.39 Å². The number of hydrogen-bond donors (Lipinski definition) is 1. The molecule has 0 aliphatic heterocycles. The molecule has 0 aliphatic rings. The Balaban J connectivity index is 1.72. The molecule has 0 aromatic heterocycles. The molecule has 2 rings (SSSR count). The summed E-state index contributed by atoms with van der Waals surface area (Å²) in [5.74, 6) is 0.516. The van der Waals surface area contributed by atoms with E-state index < -0.39 is 5.41 Å². The minimum Gasteiger partial charge on any atom is -0.494 e. The second kappa shape index (κ2) is 8.48. The molecule has 128 valence electrons. The van der Waals surface area contributed by atoms with Gasteiger partial charge in [0.25, 0.3) is 0 Å². The minimum atomic E-state index is -0.457. The number of nitrogens with one attached hydrogen (secondary N) is 1. The fraction of sp³-hybridized carbons (Fsp3) is 0.350. The molecule has 3 nitrogen and oxygen atoms in total. The number of para-hydroxylation sites is 1. The van der Waals surface area contributed by atoms with Gasteiger partial charge in [0, 0.05) is 18.4 Å². The molecule has 0 unspecified atom stereocenters. The molecule has 0 atom stereocenters. The van der Waals surface area contributed by atoms with Gasteiger partial charge in [-0.3, -0.25) is 4.79 Å². The molecule has 24 heavy (non-hydrogen) atoms. The number of benzene rings is 2. The molecule has 2 aromatic rings. The van der Waals surface area contributed by atoms with Gasteiger partial charge in [0.1, 0.15) is 11.6 Å². The Labute approximate surface area is 142 Å². The molecule has 0 radical (unpaired) electrons. The smallest absolute Gasteiger partial charge is 0.220 e. The van der Waals surface area contributed by atoms with Gasteiger partial charge in [-0.2, -0.15) is 0 Å². The molecule has 2 aromatic carbocycles. The summed E-state index contributed by atoms with van der Waals surface area (Å²) in [4.78, 5) is 12.0. The van der Waals surface area contributed by atoms with Crippen LogP contribution in [0, 0.1) is 5.82 Å². The topological polar surface area (TPSA) is 38.3 Å². The van der Waals surface area contributed by atoms with Crippen molar-refractivity contribution in [2.24, 2.45) is 0 Å². The molecule has 1 amide bonds. The molecule has 0 aliphatic carbocycles. The zero-order valence-corrected chi connectivity index (χ0v) is 14.2. The van der Waals surface area contributed by atoms with Gasteiger partial charge >= 0.3 is 0 Å². The highest BCUT2D eigenvalue weighted by Gasteiger charge is 2.24. The number of carbonyl (C=O) groups excluding carboxylic acids is 1. The molecular weight excluding hydrogens is 305 g/mol. The van der Waals surface area contributed by atoms with Gasteiger partial charge in [0.2, 0.25) is 5.91 Å². The van der Waals surface area contributed by atoms with Crippen LogP contribution in [0.2, 0.25) is 0 Å². The highest BCUT2D eigenvalue weighted by atomic mass is 19.1. The number of hydrogen-bond acceptors (Lipinski definition) is 2. The van der Waals surface area contributed by atoms with Gasteiger partial charge in [-0.05, 0) is 30.2 Å². The zero-order chi connectivity index (χ0) is 17.4. The van der Waals surface area contributed by atoms with Gasteiger partial charge < -0.3 is 10.1 Å². The molecule has 0 bridgehead atoms. The van der Waals surface area contributed by atoms with Gasteiger partial charge in [-0.15, -0.1) is 0 Å². The van der Waals surface area contributed by atoms with Crippen molar-refractivity contribution >= 4 is 5.91 Å². The van der Waals surface area contributed by atoms with Crippen LogP contribution in [-0.4, -0.2) is 19.1 Å². The number of amides is 1. The van der Waals surface area contributed by atoms with Crippen molar-refractivity contribution in [3.63, 3.8) is 0 Å². The molecule has 1 N–H and O–H groups in total. The number of rotatable bonds is 8. The first kappa shape index (κ1) is 18.0. The molecule has 0 spiro atoms. The fourth-order valence-electron chi connectivity index (χ4n) is 2.45. The van der Waals surface area contributed by atoms with Crippen molar-refractivity contribution in [1.82, 2.24) is 5.32 Å². The maximum Gasteiger partial charge on any atom is 0.220 e. The lowest BCUT2D eigenvalue weighted by Gasteiger charge is -2.26. The van der Waals surface area contributed by atoms with Gasteiger partial charge in [-0.1, -0.05) is 50.2 Å². The summed E-state index contributed by atoms with van der Waals surface area (Å²) in [5.41, 5.74) is 0.152. The van der Waals surface area contributed by atoms with Gasteiger partial charge in [0.15, 0.2) is 0 Å². The van der Waals surface area contributed by atoms with Crippen molar-refractivity contribution in [2.75, 3.05) is 13.2 Å². The monoisotopic (exact) mass is 329 g/mol. The van der Waals surface area contributed by atoms with Crippen LogP contribution in [0.25, 0.3) is 0 Å². The summed E-state index contributed by atoms with van der Waals surface area (Å²) in [6.07, 6.45) is 1.03. The SMILES string of the molecule is CC(C)(CNC(=O)CCCOc1ccccc1)c1ccccc1F. The number of carbonyl (C=O) groups is 1.